The summed E-state index contributed by atoms with van der Waals surface area (Å²) in [6.07, 6.45) is 13.5. The van der Waals surface area contributed by atoms with Gasteiger partial charge in [0.1, 0.15) is 17.7 Å². The van der Waals surface area contributed by atoms with Gasteiger partial charge in [-0.05, 0) is 53.8 Å². The summed E-state index contributed by atoms with van der Waals surface area (Å²) in [5.74, 6) is 4.51. The molecule has 7 heteroatoms. The molecule has 0 bridgehead atoms. The Balaban J connectivity index is 0.000000349. The minimum absolute atomic E-state index is 0.383. The van der Waals surface area contributed by atoms with Crippen LogP contribution in [-0.2, 0) is 13.0 Å². The molecule has 2 aromatic heterocycles. The third-order valence-corrected chi connectivity index (χ3v) is 8.67. The van der Waals surface area contributed by atoms with Crippen molar-refractivity contribution < 1.29 is 5.11 Å². The standard InChI is InChI=1S/C25H37N5.C13H15N.C4H10.C3H4O/c1-5-7-8-9-14-26-23-16-24(30-25(29-23)22(18-28-30)19(3)4)27-17-21-13-10-12-20(15-21)11-6-2;1-10-6-4-8-12-11(10)7-5-9-13(12)14(2)3;1-3-4-2;1-2-3-4/h10,12-13,15-16,18-19,27H,5-9,11,14,17H2,1-4H3,(H,26,29);4-9H,1-3H3;3-4H2,1-2H3;4H,1H3. The number of anilines is 3. The number of aliphatic hydroxyl groups is 1. The van der Waals surface area contributed by atoms with Gasteiger partial charge in [0.25, 0.3) is 0 Å². The van der Waals surface area contributed by atoms with Gasteiger partial charge in [-0.25, -0.2) is 4.98 Å². The van der Waals surface area contributed by atoms with Crippen molar-refractivity contribution in [1.29, 1.82) is 0 Å². The first kappa shape index (κ1) is 43.5. The summed E-state index contributed by atoms with van der Waals surface area (Å²) < 4.78 is 1.94. The van der Waals surface area contributed by atoms with Crippen LogP contribution in [0.4, 0.5) is 17.3 Å². The van der Waals surface area contributed by atoms with E-state index in [1.165, 1.54) is 83.7 Å². The van der Waals surface area contributed by atoms with Gasteiger partial charge in [-0.1, -0.05) is 141 Å². The van der Waals surface area contributed by atoms with Crippen molar-refractivity contribution in [3.63, 3.8) is 0 Å². The summed E-state index contributed by atoms with van der Waals surface area (Å²) in [4.78, 5) is 7.03. The highest BCUT2D eigenvalue weighted by molar-refractivity contribution is 5.96. The van der Waals surface area contributed by atoms with E-state index in [-0.39, 0.29) is 0 Å². The lowest BCUT2D eigenvalue weighted by atomic mass is 10.0. The van der Waals surface area contributed by atoms with Crippen molar-refractivity contribution >= 4 is 33.7 Å². The average molecular weight is 707 g/mol. The molecule has 0 amide bonds. The SMILES string of the molecule is CC#CO.CCCC.CCCCCCNc1cc(NCc2cccc(CCC)c2)n2ncc(C(C)C)c2n1.Cc1cccc2c(N(C)C)cccc12. The zero-order valence-corrected chi connectivity index (χ0v) is 33.8. The Bertz CT molecular complexity index is 1790. The molecule has 2 heterocycles. The zero-order valence-electron chi connectivity index (χ0n) is 33.8. The number of hydrogen-bond acceptors (Lipinski definition) is 6. The van der Waals surface area contributed by atoms with Crippen molar-refractivity contribution in [2.24, 2.45) is 0 Å². The minimum atomic E-state index is 0.383. The summed E-state index contributed by atoms with van der Waals surface area (Å²) in [5, 5.41) is 21.9. The molecule has 0 radical (unpaired) electrons. The van der Waals surface area contributed by atoms with Crippen LogP contribution in [0, 0.1) is 19.0 Å². The number of fused-ring (bicyclic) bond motifs is 2. The molecule has 3 N–H and O–H groups in total. The van der Waals surface area contributed by atoms with Crippen LogP contribution in [0.25, 0.3) is 16.4 Å². The van der Waals surface area contributed by atoms with Crippen LogP contribution in [0.5, 0.6) is 0 Å². The summed E-state index contributed by atoms with van der Waals surface area (Å²) in [5.41, 5.74) is 7.42. The largest absolute Gasteiger partial charge is 0.462 e. The maximum atomic E-state index is 7.51. The first-order valence-corrected chi connectivity index (χ1v) is 19.3. The Morgan fingerprint density at radius 2 is 1.48 bits per heavy atom. The van der Waals surface area contributed by atoms with Crippen molar-refractivity contribution in [1.82, 2.24) is 14.6 Å². The number of rotatable bonds is 14. The quantitative estimate of drug-likeness (QED) is 0.0788. The van der Waals surface area contributed by atoms with Crippen molar-refractivity contribution in [3.8, 4) is 12.0 Å². The van der Waals surface area contributed by atoms with Gasteiger partial charge in [0.15, 0.2) is 5.65 Å². The van der Waals surface area contributed by atoms with Crippen LogP contribution in [-0.4, -0.2) is 40.3 Å². The Morgan fingerprint density at radius 1 is 0.808 bits per heavy atom. The molecule has 7 nitrogen and oxygen atoms in total. The molecule has 282 valence electrons. The molecule has 0 unspecified atom stereocenters. The first-order valence-electron chi connectivity index (χ1n) is 19.3. The van der Waals surface area contributed by atoms with Crippen LogP contribution in [0.2, 0.25) is 0 Å². The van der Waals surface area contributed by atoms with Crippen LogP contribution >= 0.6 is 0 Å². The van der Waals surface area contributed by atoms with E-state index in [0.29, 0.717) is 5.92 Å². The number of aliphatic hydroxyl groups excluding tert-OH is 1. The third-order valence-electron chi connectivity index (χ3n) is 8.67. The van der Waals surface area contributed by atoms with E-state index in [0.717, 1.165) is 36.8 Å². The second-order valence-electron chi connectivity index (χ2n) is 13.6. The molecule has 5 rings (SSSR count). The molecule has 52 heavy (non-hydrogen) atoms. The van der Waals surface area contributed by atoms with Gasteiger partial charge in [-0.3, -0.25) is 0 Å². The van der Waals surface area contributed by atoms with Gasteiger partial charge in [0, 0.05) is 56.8 Å². The van der Waals surface area contributed by atoms with Crippen LogP contribution < -0.4 is 15.5 Å². The smallest absolute Gasteiger partial charge is 0.163 e. The molecule has 0 aliphatic heterocycles. The molecule has 0 aliphatic carbocycles. The van der Waals surface area contributed by atoms with E-state index < -0.39 is 0 Å². The maximum Gasteiger partial charge on any atom is 0.163 e. The fraction of sp³-hybridized carbons (Fsp3) is 0.467. The Morgan fingerprint density at radius 3 is 2.12 bits per heavy atom. The maximum absolute atomic E-state index is 7.51. The van der Waals surface area contributed by atoms with E-state index in [1.807, 2.05) is 10.7 Å². The van der Waals surface area contributed by atoms with Crippen molar-refractivity contribution in [2.75, 3.05) is 36.2 Å². The molecular formula is C45H66N6O. The van der Waals surface area contributed by atoms with Crippen LogP contribution in [0.1, 0.15) is 122 Å². The number of benzene rings is 3. The number of unbranched alkanes of at least 4 members (excludes halogenated alkanes) is 4. The Kier molecular flexibility index (Phi) is 20.5. The molecule has 0 spiro atoms. The third kappa shape index (κ3) is 14.1. The molecule has 3 aromatic carbocycles. The molecule has 0 atom stereocenters. The van der Waals surface area contributed by atoms with E-state index in [2.05, 4.69) is 156 Å². The summed E-state index contributed by atoms with van der Waals surface area (Å²) in [7, 11) is 4.16. The highest BCUT2D eigenvalue weighted by atomic mass is 16.2. The van der Waals surface area contributed by atoms with Gasteiger partial charge >= 0.3 is 0 Å². The number of nitrogens with zero attached hydrogens (tertiary/aromatic N) is 4. The summed E-state index contributed by atoms with van der Waals surface area (Å²) >= 11 is 0. The van der Waals surface area contributed by atoms with Crippen LogP contribution in [0.15, 0.2) is 72.9 Å². The summed E-state index contributed by atoms with van der Waals surface area (Å²) in [6, 6.07) is 23.8. The lowest BCUT2D eigenvalue weighted by molar-refractivity contribution is 0.517. The Hall–Kier alpha value is -4.70. The molecule has 0 saturated carbocycles. The molecule has 0 aliphatic rings. The predicted molar refractivity (Wildman–Crippen MR) is 226 cm³/mol. The van der Waals surface area contributed by atoms with Gasteiger partial charge in [0.05, 0.1) is 6.20 Å². The normalized spacial score (nSPS) is 10.2. The molecule has 0 saturated heterocycles. The first-order chi connectivity index (χ1) is 25.1. The fourth-order valence-corrected chi connectivity index (χ4v) is 5.59. The number of aryl methyl sites for hydroxylation is 2. The van der Waals surface area contributed by atoms with E-state index in [4.69, 9.17) is 10.1 Å². The lowest BCUT2D eigenvalue weighted by Gasteiger charge is -2.15. The highest BCUT2D eigenvalue weighted by Crippen LogP contribution is 2.27. The topological polar surface area (TPSA) is 77.7 Å². The average Bonchev–Trinajstić information content (AvgIpc) is 3.59. The molecule has 5 aromatic rings. The Labute approximate surface area is 315 Å². The number of nitrogens with one attached hydrogen (secondary N) is 2. The van der Waals surface area contributed by atoms with Crippen molar-refractivity contribution in [2.45, 2.75) is 119 Å². The van der Waals surface area contributed by atoms with Gasteiger partial charge in [0.2, 0.25) is 0 Å². The highest BCUT2D eigenvalue weighted by Gasteiger charge is 2.14. The number of hydrogen-bond donors (Lipinski definition) is 3. The zero-order chi connectivity index (χ0) is 38.3. The number of aromatic nitrogens is 3. The molecular weight excluding hydrogens is 641 g/mol. The lowest BCUT2D eigenvalue weighted by Crippen LogP contribution is -2.10. The van der Waals surface area contributed by atoms with E-state index in [9.17, 15) is 0 Å². The van der Waals surface area contributed by atoms with Crippen LogP contribution in [0.3, 0.4) is 0 Å². The second kappa shape index (κ2) is 24.5. The van der Waals surface area contributed by atoms with E-state index >= 15 is 0 Å². The van der Waals surface area contributed by atoms with Gasteiger partial charge in [-0.15, -0.1) is 0 Å². The second-order valence-corrected chi connectivity index (χ2v) is 13.6. The van der Waals surface area contributed by atoms with Gasteiger partial charge < -0.3 is 20.6 Å². The predicted octanol–water partition coefficient (Wildman–Crippen LogP) is 11.8. The van der Waals surface area contributed by atoms with Gasteiger partial charge in [-0.2, -0.15) is 9.61 Å². The summed E-state index contributed by atoms with van der Waals surface area (Å²) in [6.45, 7) is 18.6. The fourth-order valence-electron chi connectivity index (χ4n) is 5.59. The monoisotopic (exact) mass is 707 g/mol. The minimum Gasteiger partial charge on any atom is -0.462 e. The van der Waals surface area contributed by atoms with Crippen molar-refractivity contribution in [3.05, 3.63) is 95.2 Å². The van der Waals surface area contributed by atoms with E-state index in [1.54, 1.807) is 13.0 Å². The molecule has 0 fully saturated rings.